The summed E-state index contributed by atoms with van der Waals surface area (Å²) >= 11 is 0. The van der Waals surface area contributed by atoms with Gasteiger partial charge in [0.15, 0.2) is 5.94 Å². The Bertz CT molecular complexity index is 165. The monoisotopic (exact) mass is 128 g/mol. The molecule has 0 amide bonds. The molecule has 0 saturated carbocycles. The molecule has 1 unspecified atom stereocenters. The zero-order chi connectivity index (χ0) is 5.98. The maximum atomic E-state index is 9.73. The van der Waals surface area contributed by atoms with Crippen LogP contribution in [0.15, 0.2) is 18.1 Å². The first-order valence-corrected chi connectivity index (χ1v) is 2.11. The van der Waals surface area contributed by atoms with Gasteiger partial charge >= 0.3 is 0 Å². The molecule has 0 fully saturated rings. The molecule has 1 heterocycles. The number of rotatable bonds is 0. The first-order valence-electron chi connectivity index (χ1n) is 2.11. The second-order valence-corrected chi connectivity index (χ2v) is 1.36. The van der Waals surface area contributed by atoms with Crippen molar-refractivity contribution >= 4 is 5.94 Å². The number of hydrogen-bond donors (Lipinski definition) is 1. The minimum absolute atomic E-state index is 0. The molecule has 1 N–H and O–H groups in total. The standard InChI is InChI=1S/C5H4O3.CH4/c6-3-5-4(7)1-2-8-5;/h1-2,4,7H;1H4. The van der Waals surface area contributed by atoms with Crippen molar-refractivity contribution in [2.45, 2.75) is 13.5 Å². The van der Waals surface area contributed by atoms with Gasteiger partial charge in [-0.1, -0.05) is 7.43 Å². The molecule has 50 valence electrons. The number of carbonyl (C=O) groups excluding carboxylic acids is 1. The van der Waals surface area contributed by atoms with Crippen LogP contribution in [0.3, 0.4) is 0 Å². The van der Waals surface area contributed by atoms with Crippen LogP contribution in [0.1, 0.15) is 7.43 Å². The molecule has 0 bridgehead atoms. The van der Waals surface area contributed by atoms with Crippen molar-refractivity contribution in [3.05, 3.63) is 18.1 Å². The second kappa shape index (κ2) is 3.07. The highest BCUT2D eigenvalue weighted by molar-refractivity contribution is 5.53. The predicted molar refractivity (Wildman–Crippen MR) is 32.2 cm³/mol. The molecule has 9 heavy (non-hydrogen) atoms. The van der Waals surface area contributed by atoms with Crippen molar-refractivity contribution in [1.29, 1.82) is 0 Å². The molecule has 0 saturated heterocycles. The third-order valence-electron chi connectivity index (χ3n) is 0.825. The van der Waals surface area contributed by atoms with Crippen molar-refractivity contribution in [2.75, 3.05) is 0 Å². The van der Waals surface area contributed by atoms with Crippen molar-refractivity contribution < 1.29 is 14.6 Å². The molecule has 0 spiro atoms. The lowest BCUT2D eigenvalue weighted by atomic mass is 10.3. The Kier molecular flexibility index (Phi) is 2.71. The van der Waals surface area contributed by atoms with Crippen LogP contribution in [0.5, 0.6) is 0 Å². The van der Waals surface area contributed by atoms with Gasteiger partial charge in [0, 0.05) is 0 Å². The molecular formula is C6H8O3. The van der Waals surface area contributed by atoms with E-state index in [0.29, 0.717) is 0 Å². The first kappa shape index (κ1) is 7.95. The van der Waals surface area contributed by atoms with Crippen LogP contribution < -0.4 is 0 Å². The third kappa shape index (κ3) is 1.42. The Labute approximate surface area is 53.3 Å². The maximum Gasteiger partial charge on any atom is 0.218 e. The fourth-order valence-corrected chi connectivity index (χ4v) is 0.429. The lowest BCUT2D eigenvalue weighted by molar-refractivity contribution is 0.212. The van der Waals surface area contributed by atoms with Crippen molar-refractivity contribution in [2.24, 2.45) is 0 Å². The van der Waals surface area contributed by atoms with Gasteiger partial charge in [-0.2, -0.15) is 0 Å². The molecule has 1 atom stereocenters. The van der Waals surface area contributed by atoms with E-state index >= 15 is 0 Å². The van der Waals surface area contributed by atoms with Crippen molar-refractivity contribution in [3.63, 3.8) is 0 Å². The fraction of sp³-hybridized carbons (Fsp3) is 0.333. The summed E-state index contributed by atoms with van der Waals surface area (Å²) in [5.74, 6) is 1.38. The van der Waals surface area contributed by atoms with Crippen LogP contribution in [-0.2, 0) is 9.53 Å². The summed E-state index contributed by atoms with van der Waals surface area (Å²) in [4.78, 5) is 9.73. The van der Waals surface area contributed by atoms with E-state index in [4.69, 9.17) is 5.11 Å². The molecule has 3 heteroatoms. The topological polar surface area (TPSA) is 46.5 Å². The average molecular weight is 128 g/mol. The Morgan fingerprint density at radius 1 is 1.78 bits per heavy atom. The van der Waals surface area contributed by atoms with Gasteiger partial charge in [-0.05, 0) is 6.08 Å². The van der Waals surface area contributed by atoms with Crippen LogP contribution in [0.4, 0.5) is 0 Å². The van der Waals surface area contributed by atoms with E-state index in [0.717, 1.165) is 0 Å². The summed E-state index contributed by atoms with van der Waals surface area (Å²) < 4.78 is 4.48. The molecular weight excluding hydrogens is 120 g/mol. The highest BCUT2D eigenvalue weighted by Gasteiger charge is 2.13. The van der Waals surface area contributed by atoms with Crippen LogP contribution >= 0.6 is 0 Å². The summed E-state index contributed by atoms with van der Waals surface area (Å²) in [6.45, 7) is 0. The largest absolute Gasteiger partial charge is 0.455 e. The molecule has 1 aliphatic rings. The molecule has 0 aliphatic carbocycles. The average Bonchev–Trinajstić information content (AvgIpc) is 2.14. The lowest BCUT2D eigenvalue weighted by Crippen LogP contribution is -2.01. The first-order chi connectivity index (χ1) is 3.84. The number of hydrogen-bond acceptors (Lipinski definition) is 3. The van der Waals surface area contributed by atoms with Crippen molar-refractivity contribution in [3.8, 4) is 0 Å². The van der Waals surface area contributed by atoms with Crippen LogP contribution in [-0.4, -0.2) is 17.2 Å². The van der Waals surface area contributed by atoms with E-state index in [1.54, 1.807) is 0 Å². The maximum absolute atomic E-state index is 9.73. The molecule has 0 radical (unpaired) electrons. The minimum Gasteiger partial charge on any atom is -0.455 e. The lowest BCUT2D eigenvalue weighted by Gasteiger charge is -1.93. The fourth-order valence-electron chi connectivity index (χ4n) is 0.429. The van der Waals surface area contributed by atoms with Crippen LogP contribution in [0.2, 0.25) is 0 Å². The normalized spacial score (nSPS) is 22.3. The van der Waals surface area contributed by atoms with Crippen LogP contribution in [0.25, 0.3) is 0 Å². The summed E-state index contributed by atoms with van der Waals surface area (Å²) in [7, 11) is 0. The van der Waals surface area contributed by atoms with Gasteiger partial charge in [0.2, 0.25) is 5.76 Å². The van der Waals surface area contributed by atoms with Crippen LogP contribution in [0, 0.1) is 0 Å². The Hall–Kier alpha value is -1.05. The zero-order valence-electron chi connectivity index (χ0n) is 4.00. The highest BCUT2D eigenvalue weighted by Crippen LogP contribution is 2.09. The summed E-state index contributed by atoms with van der Waals surface area (Å²) in [6, 6.07) is 0. The number of aliphatic hydroxyl groups excluding tert-OH is 1. The van der Waals surface area contributed by atoms with Gasteiger partial charge in [-0.25, -0.2) is 4.79 Å². The predicted octanol–water partition coefficient (Wildman–Crippen LogP) is 0.243. The van der Waals surface area contributed by atoms with E-state index in [1.165, 1.54) is 18.3 Å². The summed E-state index contributed by atoms with van der Waals surface area (Å²) in [5.41, 5.74) is 0. The Morgan fingerprint density at radius 3 is 2.67 bits per heavy atom. The van der Waals surface area contributed by atoms with E-state index in [1.807, 2.05) is 0 Å². The van der Waals surface area contributed by atoms with Gasteiger partial charge in [-0.15, -0.1) is 0 Å². The number of ether oxygens (including phenoxy) is 1. The molecule has 3 nitrogen and oxygen atoms in total. The summed E-state index contributed by atoms with van der Waals surface area (Å²) in [5, 5.41) is 8.68. The van der Waals surface area contributed by atoms with E-state index in [-0.39, 0.29) is 13.2 Å². The summed E-state index contributed by atoms with van der Waals surface area (Å²) in [6.07, 6.45) is 1.73. The van der Waals surface area contributed by atoms with Gasteiger partial charge in [0.05, 0.1) is 6.26 Å². The molecule has 0 aromatic rings. The SMILES string of the molecule is C.O=C=C1OC=CC1O. The van der Waals surface area contributed by atoms with Gasteiger partial charge in [0.1, 0.15) is 6.10 Å². The van der Waals surface area contributed by atoms with Crippen molar-refractivity contribution in [1.82, 2.24) is 0 Å². The van der Waals surface area contributed by atoms with E-state index in [2.05, 4.69) is 4.74 Å². The second-order valence-electron chi connectivity index (χ2n) is 1.36. The smallest absolute Gasteiger partial charge is 0.218 e. The molecule has 1 aliphatic heterocycles. The number of aliphatic hydroxyl groups is 1. The van der Waals surface area contributed by atoms with Gasteiger partial charge in [0.25, 0.3) is 0 Å². The molecule has 0 aromatic carbocycles. The molecule has 1 rings (SSSR count). The van der Waals surface area contributed by atoms with Gasteiger partial charge in [-0.3, -0.25) is 0 Å². The third-order valence-corrected chi connectivity index (χ3v) is 0.825. The quantitative estimate of drug-likeness (QED) is 0.475. The van der Waals surface area contributed by atoms with E-state index < -0.39 is 6.10 Å². The highest BCUT2D eigenvalue weighted by atomic mass is 16.5. The Morgan fingerprint density at radius 2 is 2.44 bits per heavy atom. The molecule has 0 aromatic heterocycles. The van der Waals surface area contributed by atoms with Gasteiger partial charge < -0.3 is 9.84 Å². The minimum atomic E-state index is -0.882. The zero-order valence-corrected chi connectivity index (χ0v) is 4.00. The Balaban J connectivity index is 0.000000640. The van der Waals surface area contributed by atoms with E-state index in [9.17, 15) is 4.79 Å².